The summed E-state index contributed by atoms with van der Waals surface area (Å²) >= 11 is 0. The molecule has 1 saturated heterocycles. The van der Waals surface area contributed by atoms with Crippen LogP contribution in [0.2, 0.25) is 0 Å². The normalized spacial score (nSPS) is 20.8. The van der Waals surface area contributed by atoms with Gasteiger partial charge in [0.15, 0.2) is 0 Å². The Labute approximate surface area is 117 Å². The molecule has 1 aliphatic heterocycles. The minimum atomic E-state index is 0.417. The zero-order valence-electron chi connectivity index (χ0n) is 13.2. The maximum Gasteiger partial charge on any atom is 0.0513 e. The lowest BCUT2D eigenvalue weighted by molar-refractivity contribution is 0.177. The van der Waals surface area contributed by atoms with Gasteiger partial charge in [0.25, 0.3) is 0 Å². The molecule has 2 heteroatoms. The van der Waals surface area contributed by atoms with Gasteiger partial charge in [-0.05, 0) is 81.5 Å². The Balaban J connectivity index is 2.53. The van der Waals surface area contributed by atoms with Crippen LogP contribution in [0.15, 0.2) is 0 Å². The van der Waals surface area contributed by atoms with E-state index in [0.717, 1.165) is 19.6 Å². The second-order valence-corrected chi connectivity index (χ2v) is 5.93. The molecular formula is C17H27NO. The molecule has 1 N–H and O–H groups in total. The molecular weight excluding hydrogens is 234 g/mol. The fraction of sp³-hybridized carbons (Fsp3) is 0.647. The Kier molecular flexibility index (Phi) is 4.32. The van der Waals surface area contributed by atoms with E-state index >= 15 is 0 Å². The minimum absolute atomic E-state index is 0.417. The van der Waals surface area contributed by atoms with Crippen molar-refractivity contribution in [2.24, 2.45) is 5.92 Å². The largest absolute Gasteiger partial charge is 0.381 e. The molecule has 1 heterocycles. The first-order valence-corrected chi connectivity index (χ1v) is 7.30. The van der Waals surface area contributed by atoms with Crippen molar-refractivity contribution >= 4 is 0 Å². The summed E-state index contributed by atoms with van der Waals surface area (Å²) in [6.07, 6.45) is 1.16. The number of benzene rings is 1. The highest BCUT2D eigenvalue weighted by molar-refractivity contribution is 5.50. The molecule has 1 fully saturated rings. The number of hydrogen-bond acceptors (Lipinski definition) is 2. The van der Waals surface area contributed by atoms with E-state index in [-0.39, 0.29) is 0 Å². The lowest BCUT2D eigenvalue weighted by Gasteiger charge is -2.29. The molecule has 19 heavy (non-hydrogen) atoms. The number of rotatable bonds is 3. The van der Waals surface area contributed by atoms with Crippen LogP contribution in [-0.2, 0) is 4.74 Å². The van der Waals surface area contributed by atoms with Crippen LogP contribution in [0.25, 0.3) is 0 Å². The van der Waals surface area contributed by atoms with Crippen LogP contribution in [0.1, 0.15) is 45.8 Å². The summed E-state index contributed by atoms with van der Waals surface area (Å²) in [6, 6.07) is 0.417. The van der Waals surface area contributed by atoms with Crippen LogP contribution >= 0.6 is 0 Å². The average Bonchev–Trinajstić information content (AvgIpc) is 2.93. The highest BCUT2D eigenvalue weighted by Crippen LogP contribution is 2.36. The van der Waals surface area contributed by atoms with E-state index in [0.29, 0.717) is 12.0 Å². The van der Waals surface area contributed by atoms with E-state index in [9.17, 15) is 0 Å². The Morgan fingerprint density at radius 3 is 1.89 bits per heavy atom. The van der Waals surface area contributed by atoms with Crippen molar-refractivity contribution in [3.63, 3.8) is 0 Å². The predicted octanol–water partition coefficient (Wildman–Crippen LogP) is 3.53. The summed E-state index contributed by atoms with van der Waals surface area (Å²) in [6.45, 7) is 13.1. The lowest BCUT2D eigenvalue weighted by atomic mass is 9.82. The molecule has 1 aromatic carbocycles. The second kappa shape index (κ2) is 5.64. The van der Waals surface area contributed by atoms with Gasteiger partial charge in [-0.2, -0.15) is 0 Å². The molecule has 0 spiro atoms. The van der Waals surface area contributed by atoms with E-state index in [1.807, 2.05) is 0 Å². The Hall–Kier alpha value is -0.860. The smallest absolute Gasteiger partial charge is 0.0513 e. The fourth-order valence-electron chi connectivity index (χ4n) is 3.43. The van der Waals surface area contributed by atoms with Crippen LogP contribution in [0, 0.1) is 40.5 Å². The van der Waals surface area contributed by atoms with Crippen LogP contribution in [0.4, 0.5) is 0 Å². The van der Waals surface area contributed by atoms with Gasteiger partial charge in [0.1, 0.15) is 0 Å². The molecule has 2 unspecified atom stereocenters. The predicted molar refractivity (Wildman–Crippen MR) is 80.9 cm³/mol. The molecule has 0 aromatic heterocycles. The third-order valence-electron chi connectivity index (χ3n) is 5.12. The maximum atomic E-state index is 5.59. The third-order valence-corrected chi connectivity index (χ3v) is 5.12. The van der Waals surface area contributed by atoms with Crippen molar-refractivity contribution in [1.29, 1.82) is 0 Å². The van der Waals surface area contributed by atoms with E-state index in [1.165, 1.54) is 33.4 Å². The van der Waals surface area contributed by atoms with Crippen molar-refractivity contribution in [3.05, 3.63) is 33.4 Å². The molecule has 0 saturated carbocycles. The van der Waals surface area contributed by atoms with Crippen LogP contribution < -0.4 is 5.32 Å². The molecule has 2 nitrogen and oxygen atoms in total. The summed E-state index contributed by atoms with van der Waals surface area (Å²) < 4.78 is 5.59. The zero-order valence-corrected chi connectivity index (χ0v) is 13.2. The molecule has 0 aliphatic carbocycles. The van der Waals surface area contributed by atoms with Gasteiger partial charge < -0.3 is 10.1 Å². The average molecular weight is 261 g/mol. The first kappa shape index (κ1) is 14.5. The molecule has 2 rings (SSSR count). The molecule has 0 amide bonds. The number of ether oxygens (including phenoxy) is 1. The van der Waals surface area contributed by atoms with Crippen LogP contribution in [0.5, 0.6) is 0 Å². The molecule has 1 aromatic rings. The third kappa shape index (κ3) is 2.44. The fourth-order valence-corrected chi connectivity index (χ4v) is 3.43. The van der Waals surface area contributed by atoms with Gasteiger partial charge in [0, 0.05) is 18.6 Å². The van der Waals surface area contributed by atoms with Gasteiger partial charge in [0.2, 0.25) is 0 Å². The highest BCUT2D eigenvalue weighted by Gasteiger charge is 2.29. The molecule has 0 bridgehead atoms. The first-order chi connectivity index (χ1) is 8.99. The summed E-state index contributed by atoms with van der Waals surface area (Å²) in [4.78, 5) is 0. The molecule has 106 valence electrons. The van der Waals surface area contributed by atoms with E-state index in [2.05, 4.69) is 47.0 Å². The summed E-state index contributed by atoms with van der Waals surface area (Å²) in [5.41, 5.74) is 8.73. The van der Waals surface area contributed by atoms with Gasteiger partial charge in [-0.1, -0.05) is 0 Å². The first-order valence-electron chi connectivity index (χ1n) is 7.30. The Morgan fingerprint density at radius 2 is 1.47 bits per heavy atom. The molecule has 2 atom stereocenters. The van der Waals surface area contributed by atoms with Gasteiger partial charge >= 0.3 is 0 Å². The highest BCUT2D eigenvalue weighted by atomic mass is 16.5. The van der Waals surface area contributed by atoms with Crippen molar-refractivity contribution in [2.75, 3.05) is 20.3 Å². The van der Waals surface area contributed by atoms with Crippen molar-refractivity contribution < 1.29 is 4.74 Å². The van der Waals surface area contributed by atoms with E-state index in [1.54, 1.807) is 0 Å². The van der Waals surface area contributed by atoms with Gasteiger partial charge in [0.05, 0.1) is 6.61 Å². The lowest BCUT2D eigenvalue weighted by Crippen LogP contribution is -2.28. The zero-order chi connectivity index (χ0) is 14.2. The van der Waals surface area contributed by atoms with Crippen LogP contribution in [0.3, 0.4) is 0 Å². The summed E-state index contributed by atoms with van der Waals surface area (Å²) in [7, 11) is 2.08. The summed E-state index contributed by atoms with van der Waals surface area (Å²) in [5.74, 6) is 0.601. The SMILES string of the molecule is CNC(c1c(C)c(C)c(C)c(C)c1C)C1CCOC1. The standard InChI is InChI=1S/C17H27NO/c1-10-11(2)13(4)16(14(5)12(10)3)17(18-6)15-7-8-19-9-15/h15,17-18H,7-9H2,1-6H3. The monoisotopic (exact) mass is 261 g/mol. The second-order valence-electron chi connectivity index (χ2n) is 5.93. The van der Waals surface area contributed by atoms with Gasteiger partial charge in [-0.3, -0.25) is 0 Å². The summed E-state index contributed by atoms with van der Waals surface area (Å²) in [5, 5.41) is 3.54. The van der Waals surface area contributed by atoms with Crippen molar-refractivity contribution in [2.45, 2.75) is 47.1 Å². The van der Waals surface area contributed by atoms with Gasteiger partial charge in [-0.25, -0.2) is 0 Å². The van der Waals surface area contributed by atoms with Gasteiger partial charge in [-0.15, -0.1) is 0 Å². The van der Waals surface area contributed by atoms with Crippen molar-refractivity contribution in [1.82, 2.24) is 5.32 Å². The Bertz CT molecular complexity index is 444. The quantitative estimate of drug-likeness (QED) is 0.899. The molecule has 1 aliphatic rings. The number of hydrogen-bond donors (Lipinski definition) is 1. The van der Waals surface area contributed by atoms with E-state index < -0.39 is 0 Å². The number of nitrogens with one attached hydrogen (secondary N) is 1. The Morgan fingerprint density at radius 1 is 0.947 bits per heavy atom. The molecule has 0 radical (unpaired) electrons. The van der Waals surface area contributed by atoms with Crippen molar-refractivity contribution in [3.8, 4) is 0 Å². The maximum absolute atomic E-state index is 5.59. The van der Waals surface area contributed by atoms with E-state index in [4.69, 9.17) is 4.74 Å². The van der Waals surface area contributed by atoms with Crippen LogP contribution in [-0.4, -0.2) is 20.3 Å². The topological polar surface area (TPSA) is 21.3 Å². The minimum Gasteiger partial charge on any atom is -0.381 e.